The van der Waals surface area contributed by atoms with Gasteiger partial charge in [0.25, 0.3) is 0 Å². The predicted octanol–water partition coefficient (Wildman–Crippen LogP) is 9.07. The molecule has 0 bridgehead atoms. The average molecular weight is 808 g/mol. The first-order valence-electron chi connectivity index (χ1n) is 16.1. The van der Waals surface area contributed by atoms with E-state index in [4.69, 9.17) is 29.1 Å². The molecule has 7 rings (SSSR count). The van der Waals surface area contributed by atoms with Crippen molar-refractivity contribution in [2.24, 2.45) is 10.9 Å². The molecular weight excluding hydrogens is 768 g/mol. The van der Waals surface area contributed by atoms with Gasteiger partial charge in [0.2, 0.25) is 5.90 Å². The van der Waals surface area contributed by atoms with E-state index < -0.39 is 15.8 Å². The first-order valence-corrected chi connectivity index (χ1v) is 23.3. The Hall–Kier alpha value is -3.15. The third kappa shape index (κ3) is 10.4. The zero-order valence-corrected chi connectivity index (χ0v) is 32.5. The Kier molecular flexibility index (Phi) is 15.1. The molecule has 0 aliphatic carbocycles. The third-order valence-corrected chi connectivity index (χ3v) is 12.8. The van der Waals surface area contributed by atoms with Crippen LogP contribution in [0.3, 0.4) is 0 Å². The Morgan fingerprint density at radius 2 is 0.857 bits per heavy atom. The summed E-state index contributed by atoms with van der Waals surface area (Å²) in [7, 11) is 8.59. The van der Waals surface area contributed by atoms with Gasteiger partial charge in [-0.3, -0.25) is 0 Å². The summed E-state index contributed by atoms with van der Waals surface area (Å²) >= 11 is -0.346. The Labute approximate surface area is 309 Å². The van der Waals surface area contributed by atoms with E-state index in [9.17, 15) is 0 Å². The van der Waals surface area contributed by atoms with Crippen molar-refractivity contribution in [1.82, 2.24) is 0 Å². The van der Waals surface area contributed by atoms with Gasteiger partial charge in [-0.1, -0.05) is 184 Å². The number of ether oxygens (including phenoxy) is 1. The second-order valence-electron chi connectivity index (χ2n) is 11.5. The number of hydrogen-bond donors (Lipinski definition) is 0. The van der Waals surface area contributed by atoms with Gasteiger partial charge >= 0.3 is 34.5 Å². The largest absolute Gasteiger partial charge is 0.0622 e. The van der Waals surface area contributed by atoms with Crippen LogP contribution in [0.1, 0.15) is 19.4 Å². The van der Waals surface area contributed by atoms with Crippen molar-refractivity contribution in [2.75, 3.05) is 6.61 Å². The maximum atomic E-state index is 6.04. The van der Waals surface area contributed by atoms with Gasteiger partial charge in [0.1, 0.15) is 6.61 Å². The van der Waals surface area contributed by atoms with Crippen molar-refractivity contribution in [1.29, 1.82) is 0 Å². The molecule has 2 nitrogen and oxygen atoms in total. The summed E-state index contributed by atoms with van der Waals surface area (Å²) in [6.45, 7) is 5.08. The Morgan fingerprint density at radius 1 is 0.531 bits per heavy atom. The smallest absolute Gasteiger partial charge is 0.0134 e. The zero-order valence-electron chi connectivity index (χ0n) is 27.5. The van der Waals surface area contributed by atoms with Gasteiger partial charge in [-0.25, -0.2) is 4.99 Å². The van der Waals surface area contributed by atoms with Crippen LogP contribution in [0.5, 0.6) is 0 Å². The van der Waals surface area contributed by atoms with Crippen molar-refractivity contribution < 1.29 is 19.9 Å². The fourth-order valence-corrected chi connectivity index (χ4v) is 10.2. The van der Waals surface area contributed by atoms with Crippen LogP contribution in [-0.4, -0.2) is 18.5 Å². The van der Waals surface area contributed by atoms with Gasteiger partial charge in [0, 0.05) is 5.56 Å². The van der Waals surface area contributed by atoms with Crippen molar-refractivity contribution >= 4 is 73.0 Å². The van der Waals surface area contributed by atoms with Gasteiger partial charge in [-0.2, -0.15) is 0 Å². The van der Waals surface area contributed by atoms with Crippen LogP contribution in [0, 0.1) is 5.92 Å². The Bertz CT molecular complexity index is 1710. The molecule has 49 heavy (non-hydrogen) atoms. The van der Waals surface area contributed by atoms with Crippen LogP contribution in [-0.2, 0) is 19.9 Å². The monoisotopic (exact) mass is 807 g/mol. The van der Waals surface area contributed by atoms with E-state index >= 15 is 0 Å². The maximum Gasteiger partial charge on any atom is -0.0134 e. The van der Waals surface area contributed by atoms with Crippen LogP contribution < -0.4 is 31.8 Å². The number of rotatable bonds is 8. The fourth-order valence-electron chi connectivity index (χ4n) is 5.49. The van der Waals surface area contributed by atoms with Crippen LogP contribution >= 0.6 is 35.2 Å². The summed E-state index contributed by atoms with van der Waals surface area (Å²) in [5.41, 5.74) is 1.12. The molecule has 6 aromatic rings. The van der Waals surface area contributed by atoms with Crippen LogP contribution in [0.15, 0.2) is 181 Å². The molecule has 250 valence electrons. The van der Waals surface area contributed by atoms with E-state index in [1.54, 1.807) is 0 Å². The molecule has 0 radical (unpaired) electrons. The van der Waals surface area contributed by atoms with Gasteiger partial charge < -0.3 is 4.74 Å². The van der Waals surface area contributed by atoms with Gasteiger partial charge in [0.15, 0.2) is 0 Å². The normalized spacial score (nSPS) is 13.6. The molecule has 0 fully saturated rings. The van der Waals surface area contributed by atoms with E-state index in [2.05, 4.69) is 190 Å². The second-order valence-corrected chi connectivity index (χ2v) is 18.5. The van der Waals surface area contributed by atoms with Gasteiger partial charge in [0.05, 0.1) is 6.04 Å². The van der Waals surface area contributed by atoms with E-state index in [1.165, 1.54) is 31.8 Å². The molecule has 1 aliphatic heterocycles. The number of benzene rings is 6. The van der Waals surface area contributed by atoms with Crippen molar-refractivity contribution in [3.63, 3.8) is 0 Å². The summed E-state index contributed by atoms with van der Waals surface area (Å²) in [4.78, 5) is 4.89. The quantitative estimate of drug-likeness (QED) is 0.111. The standard InChI is InChI=1S/C24H24NOP.C18H15P.2ClH.Ru/c1-18(2)22-17-26-24(25-22)21-15-9-10-16-23(21)27(19-11-5-3-6-12-19)20-13-7-4-8-14-20;1-4-10-16(11-5-1)19(17-12-6-2-7-13-17)18-14-8-3-9-15-18;;;/h3-16,18,22H,17H2,1-2H3;1-15H;2*1H;/q;;;;+2/p-2/t22-;;;;/m1..../s1. The molecule has 0 amide bonds. The van der Waals surface area contributed by atoms with Gasteiger partial charge in [-0.15, -0.1) is 0 Å². The summed E-state index contributed by atoms with van der Waals surface area (Å²) in [6, 6.07) is 62.7. The Balaban J connectivity index is 0.000000186. The third-order valence-electron chi connectivity index (χ3n) is 7.89. The predicted molar refractivity (Wildman–Crippen MR) is 213 cm³/mol. The van der Waals surface area contributed by atoms with Crippen molar-refractivity contribution in [3.05, 3.63) is 181 Å². The number of nitrogens with zero attached hydrogens (tertiary/aromatic N) is 1. The summed E-state index contributed by atoms with van der Waals surface area (Å²) in [5.74, 6) is 1.28. The number of aliphatic imine (C=N–C) groups is 1. The maximum absolute atomic E-state index is 6.04. The molecule has 0 N–H and O–H groups in total. The molecule has 1 heterocycles. The Morgan fingerprint density at radius 3 is 1.20 bits per heavy atom. The number of halogens is 2. The average Bonchev–Trinajstić information content (AvgIpc) is 3.66. The molecule has 0 saturated heterocycles. The molecule has 6 aromatic carbocycles. The van der Waals surface area contributed by atoms with Gasteiger partial charge in [-0.05, 0) is 59.7 Å². The summed E-state index contributed by atoms with van der Waals surface area (Å²) in [6.07, 6.45) is 0. The SMILES string of the molecule is CC(C)[C@H]1COC(c2ccccc2P(c2ccccc2)c2ccccc2)=N1.[Cl][Ru][Cl].c1ccc(P(c2ccccc2)c2ccccc2)cc1. The minimum atomic E-state index is -0.673. The molecular formula is C42H39Cl2NOP2Ru. The summed E-state index contributed by atoms with van der Waals surface area (Å²) < 4.78 is 6.04. The summed E-state index contributed by atoms with van der Waals surface area (Å²) in [5, 5.41) is 8.17. The van der Waals surface area contributed by atoms with E-state index in [1.807, 2.05) is 0 Å². The molecule has 1 aliphatic rings. The van der Waals surface area contributed by atoms with Crippen LogP contribution in [0.2, 0.25) is 0 Å². The number of hydrogen-bond acceptors (Lipinski definition) is 2. The first-order chi connectivity index (χ1) is 24.1. The molecule has 1 atom stereocenters. The van der Waals surface area contributed by atoms with Crippen molar-refractivity contribution in [3.8, 4) is 0 Å². The first kappa shape index (κ1) is 37.1. The van der Waals surface area contributed by atoms with E-state index in [0.717, 1.165) is 11.5 Å². The van der Waals surface area contributed by atoms with Crippen LogP contribution in [0.4, 0.5) is 0 Å². The molecule has 0 spiro atoms. The fraction of sp³-hybridized carbons (Fsp3) is 0.119. The van der Waals surface area contributed by atoms with Crippen LogP contribution in [0.25, 0.3) is 0 Å². The molecule has 7 heteroatoms. The van der Waals surface area contributed by atoms with E-state index in [-0.39, 0.29) is 21.2 Å². The van der Waals surface area contributed by atoms with E-state index in [0.29, 0.717) is 12.5 Å². The topological polar surface area (TPSA) is 21.6 Å². The molecule has 0 aromatic heterocycles. The minimum absolute atomic E-state index is 0.243. The molecule has 0 unspecified atom stereocenters. The van der Waals surface area contributed by atoms with Crippen molar-refractivity contribution in [2.45, 2.75) is 19.9 Å². The molecule has 0 saturated carbocycles. The minimum Gasteiger partial charge on any atom is -0.0622 e. The second kappa shape index (κ2) is 19.9. The zero-order chi connectivity index (χ0) is 34.3.